The molecule has 0 N–H and O–H groups in total. The summed E-state index contributed by atoms with van der Waals surface area (Å²) in [5.41, 5.74) is 0.106. The fraction of sp³-hybridized carbons (Fsp3) is 0.556. The van der Waals surface area contributed by atoms with E-state index in [0.717, 1.165) is 24.7 Å². The normalized spacial score (nSPS) is 22.2. The number of aldehydes is 1. The Balaban J connectivity index is 2.09. The Kier molecular flexibility index (Phi) is 4.89. The summed E-state index contributed by atoms with van der Waals surface area (Å²) in [6.07, 6.45) is 2.99. The zero-order chi connectivity index (χ0) is 16.2. The molecule has 1 unspecified atom stereocenters. The number of carbonyl (C=O) groups excluding carboxylic acids is 2. The van der Waals surface area contributed by atoms with Crippen LogP contribution in [0.2, 0.25) is 0 Å². The molecule has 1 fully saturated rings. The lowest BCUT2D eigenvalue weighted by atomic mass is 9.76. The Bertz CT molecular complexity index is 521. The molecule has 1 aliphatic heterocycles. The summed E-state index contributed by atoms with van der Waals surface area (Å²) in [6, 6.07) is 9.96. The molecule has 1 aliphatic rings. The van der Waals surface area contributed by atoms with Gasteiger partial charge < -0.3 is 14.4 Å². The van der Waals surface area contributed by atoms with Gasteiger partial charge in [0.2, 0.25) is 0 Å². The molecule has 0 radical (unpaired) electrons. The first-order chi connectivity index (χ1) is 10.3. The van der Waals surface area contributed by atoms with E-state index in [0.29, 0.717) is 19.5 Å². The van der Waals surface area contributed by atoms with Crippen LogP contribution in [0, 0.1) is 5.41 Å². The van der Waals surface area contributed by atoms with Crippen molar-refractivity contribution >= 4 is 12.4 Å². The maximum atomic E-state index is 12.3. The molecule has 0 aromatic heterocycles. The predicted octanol–water partition coefficient (Wildman–Crippen LogP) is 3.45. The number of nitrogens with zero attached hydrogens (tertiary/aromatic N) is 1. The highest BCUT2D eigenvalue weighted by Gasteiger charge is 2.38. The fourth-order valence-corrected chi connectivity index (χ4v) is 2.93. The summed E-state index contributed by atoms with van der Waals surface area (Å²) in [4.78, 5) is 25.7. The Morgan fingerprint density at radius 2 is 2.00 bits per heavy atom. The summed E-state index contributed by atoms with van der Waals surface area (Å²) in [7, 11) is 0. The lowest BCUT2D eigenvalue weighted by Gasteiger charge is -2.39. The number of amides is 1. The monoisotopic (exact) mass is 303 g/mol. The second-order valence-corrected chi connectivity index (χ2v) is 7.15. The number of rotatable bonds is 3. The summed E-state index contributed by atoms with van der Waals surface area (Å²) in [6.45, 7) is 6.64. The molecule has 0 saturated carbocycles. The second-order valence-electron chi connectivity index (χ2n) is 7.15. The highest BCUT2D eigenvalue weighted by molar-refractivity contribution is 5.70. The summed E-state index contributed by atoms with van der Waals surface area (Å²) in [5, 5.41) is 0. The molecule has 1 saturated heterocycles. The average Bonchev–Trinajstić information content (AvgIpc) is 2.47. The van der Waals surface area contributed by atoms with Gasteiger partial charge in [0.05, 0.1) is 0 Å². The van der Waals surface area contributed by atoms with Gasteiger partial charge in [-0.15, -0.1) is 0 Å². The zero-order valence-electron chi connectivity index (χ0n) is 13.7. The molecule has 0 bridgehead atoms. The van der Waals surface area contributed by atoms with E-state index in [9.17, 15) is 9.59 Å². The van der Waals surface area contributed by atoms with Crippen molar-refractivity contribution in [2.24, 2.45) is 5.41 Å². The topological polar surface area (TPSA) is 46.6 Å². The van der Waals surface area contributed by atoms with Gasteiger partial charge in [0.15, 0.2) is 0 Å². The molecule has 1 amide bonds. The van der Waals surface area contributed by atoms with Crippen molar-refractivity contribution < 1.29 is 14.3 Å². The molecular formula is C18H25NO3. The van der Waals surface area contributed by atoms with E-state index in [1.807, 2.05) is 51.1 Å². The van der Waals surface area contributed by atoms with Gasteiger partial charge in [-0.2, -0.15) is 0 Å². The first-order valence-corrected chi connectivity index (χ1v) is 7.82. The van der Waals surface area contributed by atoms with Crippen molar-refractivity contribution in [3.63, 3.8) is 0 Å². The van der Waals surface area contributed by atoms with Gasteiger partial charge in [-0.3, -0.25) is 0 Å². The first-order valence-electron chi connectivity index (χ1n) is 7.82. The van der Waals surface area contributed by atoms with Crippen LogP contribution in [-0.4, -0.2) is 36.0 Å². The van der Waals surface area contributed by atoms with Crippen molar-refractivity contribution in [3.8, 4) is 0 Å². The molecule has 4 nitrogen and oxygen atoms in total. The molecule has 0 aliphatic carbocycles. The lowest BCUT2D eigenvalue weighted by molar-refractivity contribution is -0.119. The molecule has 1 atom stereocenters. The predicted molar refractivity (Wildman–Crippen MR) is 85.7 cm³/mol. The molecule has 1 aromatic rings. The minimum atomic E-state index is -0.516. The van der Waals surface area contributed by atoms with Crippen LogP contribution in [0.3, 0.4) is 0 Å². The van der Waals surface area contributed by atoms with E-state index < -0.39 is 11.0 Å². The number of likely N-dealkylation sites (tertiary alicyclic amines) is 1. The van der Waals surface area contributed by atoms with E-state index in [1.165, 1.54) is 0 Å². The van der Waals surface area contributed by atoms with Gasteiger partial charge in [-0.05, 0) is 45.6 Å². The molecule has 120 valence electrons. The summed E-state index contributed by atoms with van der Waals surface area (Å²) in [5.74, 6) is 0. The highest BCUT2D eigenvalue weighted by Crippen LogP contribution is 2.32. The number of hydrogen-bond acceptors (Lipinski definition) is 3. The second kappa shape index (κ2) is 6.51. The average molecular weight is 303 g/mol. The molecule has 1 heterocycles. The molecule has 22 heavy (non-hydrogen) atoms. The van der Waals surface area contributed by atoms with Crippen LogP contribution >= 0.6 is 0 Å². The SMILES string of the molecule is CC(C)(C)OC(=O)N1CCCC(C=O)(Cc2ccccc2)C1. The third-order valence-electron chi connectivity index (χ3n) is 3.91. The number of hydrogen-bond donors (Lipinski definition) is 0. The van der Waals surface area contributed by atoms with Crippen LogP contribution in [0.5, 0.6) is 0 Å². The van der Waals surface area contributed by atoms with E-state index in [4.69, 9.17) is 4.74 Å². The van der Waals surface area contributed by atoms with Gasteiger partial charge in [0, 0.05) is 18.5 Å². The standard InChI is InChI=1S/C18H25NO3/c1-17(2,3)22-16(21)19-11-7-10-18(13-19,14-20)12-15-8-5-4-6-9-15/h4-6,8-9,14H,7,10-13H2,1-3H3. The number of piperidine rings is 1. The first kappa shape index (κ1) is 16.5. The summed E-state index contributed by atoms with van der Waals surface area (Å²) < 4.78 is 5.44. The van der Waals surface area contributed by atoms with Crippen molar-refractivity contribution in [2.45, 2.75) is 45.6 Å². The van der Waals surface area contributed by atoms with Gasteiger partial charge in [-0.25, -0.2) is 4.79 Å². The Morgan fingerprint density at radius 1 is 1.32 bits per heavy atom. The number of ether oxygens (including phenoxy) is 1. The Labute approximate surface area is 132 Å². The molecule has 4 heteroatoms. The molecule has 2 rings (SSSR count). The maximum absolute atomic E-state index is 12.3. The van der Waals surface area contributed by atoms with E-state index >= 15 is 0 Å². The third kappa shape index (κ3) is 4.33. The minimum absolute atomic E-state index is 0.327. The van der Waals surface area contributed by atoms with Crippen LogP contribution in [0.1, 0.15) is 39.2 Å². The van der Waals surface area contributed by atoms with Crippen LogP contribution < -0.4 is 0 Å². The van der Waals surface area contributed by atoms with Crippen molar-refractivity contribution in [2.75, 3.05) is 13.1 Å². The van der Waals surface area contributed by atoms with Crippen LogP contribution in [0.15, 0.2) is 30.3 Å². The van der Waals surface area contributed by atoms with Gasteiger partial charge >= 0.3 is 6.09 Å². The van der Waals surface area contributed by atoms with Gasteiger partial charge in [-0.1, -0.05) is 30.3 Å². The summed E-state index contributed by atoms with van der Waals surface area (Å²) >= 11 is 0. The largest absolute Gasteiger partial charge is 0.444 e. The highest BCUT2D eigenvalue weighted by atomic mass is 16.6. The number of carbonyl (C=O) groups is 2. The Morgan fingerprint density at radius 3 is 2.59 bits per heavy atom. The molecular weight excluding hydrogens is 278 g/mol. The quantitative estimate of drug-likeness (QED) is 0.804. The van der Waals surface area contributed by atoms with Crippen LogP contribution in [-0.2, 0) is 16.0 Å². The van der Waals surface area contributed by atoms with Gasteiger partial charge in [0.1, 0.15) is 11.9 Å². The number of benzene rings is 1. The smallest absolute Gasteiger partial charge is 0.410 e. The van der Waals surface area contributed by atoms with Gasteiger partial charge in [0.25, 0.3) is 0 Å². The Hall–Kier alpha value is -1.84. The lowest BCUT2D eigenvalue weighted by Crippen LogP contribution is -2.49. The van der Waals surface area contributed by atoms with Crippen LogP contribution in [0.4, 0.5) is 4.79 Å². The van der Waals surface area contributed by atoms with Crippen molar-refractivity contribution in [3.05, 3.63) is 35.9 Å². The zero-order valence-corrected chi connectivity index (χ0v) is 13.7. The minimum Gasteiger partial charge on any atom is -0.444 e. The maximum Gasteiger partial charge on any atom is 0.410 e. The van der Waals surface area contributed by atoms with Crippen molar-refractivity contribution in [1.82, 2.24) is 4.90 Å². The third-order valence-corrected chi connectivity index (χ3v) is 3.91. The molecule has 0 spiro atoms. The van der Waals surface area contributed by atoms with Crippen molar-refractivity contribution in [1.29, 1.82) is 0 Å². The fourth-order valence-electron chi connectivity index (χ4n) is 2.93. The van der Waals surface area contributed by atoms with E-state index in [2.05, 4.69) is 0 Å². The molecule has 1 aromatic carbocycles. The van der Waals surface area contributed by atoms with Crippen LogP contribution in [0.25, 0.3) is 0 Å². The van der Waals surface area contributed by atoms with E-state index in [1.54, 1.807) is 4.90 Å². The van der Waals surface area contributed by atoms with E-state index in [-0.39, 0.29) is 6.09 Å².